The zero-order valence-corrected chi connectivity index (χ0v) is 19.6. The maximum Gasteiger partial charge on any atom is 0.254 e. The van der Waals surface area contributed by atoms with Gasteiger partial charge in [-0.2, -0.15) is 0 Å². The van der Waals surface area contributed by atoms with Crippen molar-refractivity contribution in [2.75, 3.05) is 13.7 Å². The summed E-state index contributed by atoms with van der Waals surface area (Å²) in [4.78, 5) is 0. The third-order valence-electron chi connectivity index (χ3n) is 5.46. The van der Waals surface area contributed by atoms with Gasteiger partial charge in [0.25, 0.3) is 5.88 Å². The van der Waals surface area contributed by atoms with Gasteiger partial charge < -0.3 is 14.2 Å². The number of aromatic nitrogens is 3. The van der Waals surface area contributed by atoms with E-state index in [1.807, 2.05) is 36.4 Å². The Kier molecular flexibility index (Phi) is 8.84. The Morgan fingerprint density at radius 1 is 0.812 bits per heavy atom. The van der Waals surface area contributed by atoms with Crippen molar-refractivity contribution in [1.29, 1.82) is 0 Å². The van der Waals surface area contributed by atoms with Crippen LogP contribution in [0.5, 0.6) is 23.3 Å². The lowest BCUT2D eigenvalue weighted by Gasteiger charge is -2.19. The van der Waals surface area contributed by atoms with Crippen molar-refractivity contribution in [3.05, 3.63) is 53.6 Å². The molecular weight excluding hydrogens is 402 g/mol. The maximum absolute atomic E-state index is 6.34. The summed E-state index contributed by atoms with van der Waals surface area (Å²) in [5.41, 5.74) is 4.00. The number of methoxy groups -OCH3 is 1. The molecule has 0 unspecified atom stereocenters. The molecule has 1 heterocycles. The quantitative estimate of drug-likeness (QED) is 0.306. The summed E-state index contributed by atoms with van der Waals surface area (Å²) in [7, 11) is 1.57. The van der Waals surface area contributed by atoms with Crippen molar-refractivity contribution in [3.63, 3.8) is 0 Å². The molecule has 3 aromatic rings. The Labute approximate surface area is 190 Å². The van der Waals surface area contributed by atoms with Crippen LogP contribution in [0.15, 0.2) is 42.5 Å². The molecule has 0 amide bonds. The smallest absolute Gasteiger partial charge is 0.254 e. The summed E-state index contributed by atoms with van der Waals surface area (Å²) >= 11 is 0. The van der Waals surface area contributed by atoms with Gasteiger partial charge in [-0.1, -0.05) is 86.6 Å². The van der Waals surface area contributed by atoms with Crippen LogP contribution in [0.25, 0.3) is 11.1 Å². The number of aryl methyl sites for hydroxylation is 1. The second-order valence-electron chi connectivity index (χ2n) is 7.59. The van der Waals surface area contributed by atoms with Crippen molar-refractivity contribution in [2.45, 2.75) is 59.3 Å². The van der Waals surface area contributed by atoms with E-state index in [1.165, 1.54) is 24.0 Å². The van der Waals surface area contributed by atoms with Crippen LogP contribution in [0.4, 0.5) is 0 Å². The maximum atomic E-state index is 6.34. The molecule has 0 aliphatic rings. The molecule has 3 rings (SSSR count). The molecule has 170 valence electrons. The number of unbranched alkanes of at least 4 members (excludes halogenated alkanes) is 3. The molecule has 6 nitrogen and oxygen atoms in total. The molecular formula is C26H33N3O3. The lowest BCUT2D eigenvalue weighted by atomic mass is 10.0. The van der Waals surface area contributed by atoms with Gasteiger partial charge in [0.2, 0.25) is 5.88 Å². The summed E-state index contributed by atoms with van der Waals surface area (Å²) in [6.45, 7) is 7.17. The lowest BCUT2D eigenvalue weighted by Crippen LogP contribution is -2.06. The lowest BCUT2D eigenvalue weighted by molar-refractivity contribution is 0.286. The molecule has 0 aliphatic heterocycles. The van der Waals surface area contributed by atoms with Crippen LogP contribution in [-0.2, 0) is 12.8 Å². The van der Waals surface area contributed by atoms with Gasteiger partial charge >= 0.3 is 0 Å². The first-order chi connectivity index (χ1) is 15.7. The Morgan fingerprint density at radius 3 is 2.28 bits per heavy atom. The third kappa shape index (κ3) is 5.55. The Morgan fingerprint density at radius 2 is 1.59 bits per heavy atom. The van der Waals surface area contributed by atoms with E-state index in [0.29, 0.717) is 29.7 Å². The number of nitrogens with zero attached hydrogens (tertiary/aromatic N) is 3. The van der Waals surface area contributed by atoms with E-state index in [2.05, 4.69) is 42.2 Å². The fourth-order valence-corrected chi connectivity index (χ4v) is 3.77. The average molecular weight is 436 g/mol. The topological polar surface area (TPSA) is 66.4 Å². The van der Waals surface area contributed by atoms with Crippen LogP contribution < -0.4 is 14.2 Å². The van der Waals surface area contributed by atoms with Gasteiger partial charge in [-0.25, -0.2) is 0 Å². The molecule has 0 aliphatic carbocycles. The van der Waals surface area contributed by atoms with Crippen molar-refractivity contribution in [3.8, 4) is 34.4 Å². The minimum Gasteiger partial charge on any atom is -0.489 e. The van der Waals surface area contributed by atoms with Crippen LogP contribution in [-0.4, -0.2) is 29.1 Å². The van der Waals surface area contributed by atoms with Gasteiger partial charge in [-0.05, 0) is 41.7 Å². The molecule has 0 spiro atoms. The molecule has 6 heteroatoms. The predicted octanol–water partition coefficient (Wildman–Crippen LogP) is 6.42. The number of benzene rings is 2. The monoisotopic (exact) mass is 435 g/mol. The summed E-state index contributed by atoms with van der Waals surface area (Å²) in [6.07, 6.45) is 6.40. The van der Waals surface area contributed by atoms with Crippen LogP contribution in [0.1, 0.15) is 57.6 Å². The first kappa shape index (κ1) is 23.5. The molecule has 0 N–H and O–H groups in total. The van der Waals surface area contributed by atoms with Gasteiger partial charge in [0.1, 0.15) is 5.56 Å². The van der Waals surface area contributed by atoms with Gasteiger partial charge in [0, 0.05) is 5.56 Å². The van der Waals surface area contributed by atoms with E-state index in [-0.39, 0.29) is 0 Å². The fraction of sp³-hybridized carbons (Fsp3) is 0.423. The molecule has 0 fully saturated rings. The van der Waals surface area contributed by atoms with Crippen LogP contribution in [0.2, 0.25) is 0 Å². The standard InChI is InChI=1S/C26H33N3O3/c1-5-8-9-13-18-31-24-21(7-3)19(6-2)16-17-22(24)32-26-23(20-14-11-10-12-15-20)25(30-4)27-29-28-26/h10-12,14-17H,5-9,13,18H2,1-4H3. The highest BCUT2D eigenvalue weighted by atomic mass is 16.5. The first-order valence-electron chi connectivity index (χ1n) is 11.5. The van der Waals surface area contributed by atoms with Gasteiger partial charge in [-0.3, -0.25) is 0 Å². The number of hydrogen-bond donors (Lipinski definition) is 0. The SMILES string of the molecule is CCCCCCOc1c(Oc2nnnc(OC)c2-c2ccccc2)ccc(CC)c1CC. The van der Waals surface area contributed by atoms with E-state index in [4.69, 9.17) is 14.2 Å². The highest BCUT2D eigenvalue weighted by Gasteiger charge is 2.21. The highest BCUT2D eigenvalue weighted by Crippen LogP contribution is 2.41. The van der Waals surface area contributed by atoms with E-state index in [0.717, 1.165) is 37.0 Å². The zero-order chi connectivity index (χ0) is 22.8. The van der Waals surface area contributed by atoms with E-state index >= 15 is 0 Å². The normalized spacial score (nSPS) is 10.8. The van der Waals surface area contributed by atoms with Crippen molar-refractivity contribution < 1.29 is 14.2 Å². The van der Waals surface area contributed by atoms with Crippen molar-refractivity contribution in [2.24, 2.45) is 0 Å². The zero-order valence-electron chi connectivity index (χ0n) is 19.6. The number of hydrogen-bond acceptors (Lipinski definition) is 6. The van der Waals surface area contributed by atoms with E-state index < -0.39 is 0 Å². The van der Waals surface area contributed by atoms with Crippen molar-refractivity contribution in [1.82, 2.24) is 15.4 Å². The van der Waals surface area contributed by atoms with Gasteiger partial charge in [0.05, 0.1) is 13.7 Å². The molecule has 2 aromatic carbocycles. The number of rotatable bonds is 12. The summed E-state index contributed by atoms with van der Waals surface area (Å²) in [6, 6.07) is 13.9. The van der Waals surface area contributed by atoms with Crippen molar-refractivity contribution >= 4 is 0 Å². The average Bonchev–Trinajstić information content (AvgIpc) is 2.84. The second-order valence-corrected chi connectivity index (χ2v) is 7.59. The number of ether oxygens (including phenoxy) is 3. The summed E-state index contributed by atoms with van der Waals surface area (Å²) < 4.78 is 18.1. The summed E-state index contributed by atoms with van der Waals surface area (Å²) in [5, 5.41) is 12.1. The van der Waals surface area contributed by atoms with Gasteiger partial charge in [-0.15, -0.1) is 0 Å². The summed E-state index contributed by atoms with van der Waals surface area (Å²) in [5.74, 6) is 2.13. The van der Waals surface area contributed by atoms with Crippen LogP contribution in [0.3, 0.4) is 0 Å². The highest BCUT2D eigenvalue weighted by molar-refractivity contribution is 5.73. The third-order valence-corrected chi connectivity index (χ3v) is 5.46. The molecule has 0 atom stereocenters. The predicted molar refractivity (Wildman–Crippen MR) is 127 cm³/mol. The molecule has 0 radical (unpaired) electrons. The molecule has 0 saturated carbocycles. The molecule has 32 heavy (non-hydrogen) atoms. The van der Waals surface area contributed by atoms with Crippen LogP contribution >= 0.6 is 0 Å². The fourth-order valence-electron chi connectivity index (χ4n) is 3.77. The second kappa shape index (κ2) is 12.0. The molecule has 0 saturated heterocycles. The minimum absolute atomic E-state index is 0.338. The molecule has 1 aromatic heterocycles. The molecule has 0 bridgehead atoms. The van der Waals surface area contributed by atoms with Crippen LogP contribution in [0, 0.1) is 0 Å². The van der Waals surface area contributed by atoms with E-state index in [9.17, 15) is 0 Å². The Bertz CT molecular complexity index is 993. The minimum atomic E-state index is 0.338. The first-order valence-corrected chi connectivity index (χ1v) is 11.5. The Hall–Kier alpha value is -3.15. The van der Waals surface area contributed by atoms with Gasteiger partial charge in [0.15, 0.2) is 11.5 Å². The van der Waals surface area contributed by atoms with E-state index in [1.54, 1.807) is 7.11 Å². The largest absolute Gasteiger partial charge is 0.489 e. The Balaban J connectivity index is 2.00.